The van der Waals surface area contributed by atoms with Crippen LogP contribution in [-0.2, 0) is 21.7 Å². The van der Waals surface area contributed by atoms with Gasteiger partial charge in [-0.2, -0.15) is 0 Å². The number of rotatable bonds is 6. The molecule has 1 aliphatic carbocycles. The third-order valence-corrected chi connectivity index (χ3v) is 4.82. The number of nitrogens with one attached hydrogen (secondary N) is 2. The van der Waals surface area contributed by atoms with Crippen LogP contribution < -0.4 is 20.1 Å². The Kier molecular flexibility index (Phi) is 4.49. The standard InChI is InChI=1S/C19H20N2O6/c22-17(20-9-12-3-6-14-15(8-12)27-11-26-14)18(23)21-10-19(24,13-4-5-13)16-2-1-7-25-16/h1-3,6-8,13,24H,4-5,9-11H2,(H,20,22)(H,21,23)/t19-/m0/s1. The molecule has 8 nitrogen and oxygen atoms in total. The van der Waals surface area contributed by atoms with E-state index in [1.54, 1.807) is 30.3 Å². The summed E-state index contributed by atoms with van der Waals surface area (Å²) in [5.41, 5.74) is -0.512. The van der Waals surface area contributed by atoms with Gasteiger partial charge in [0.15, 0.2) is 11.5 Å². The van der Waals surface area contributed by atoms with Crippen LogP contribution in [0.2, 0.25) is 0 Å². The highest BCUT2D eigenvalue weighted by atomic mass is 16.7. The Balaban J connectivity index is 1.31. The van der Waals surface area contributed by atoms with Crippen molar-refractivity contribution >= 4 is 11.8 Å². The number of aliphatic hydroxyl groups is 1. The predicted molar refractivity (Wildman–Crippen MR) is 92.8 cm³/mol. The maximum absolute atomic E-state index is 12.1. The van der Waals surface area contributed by atoms with Gasteiger partial charge in [-0.3, -0.25) is 9.59 Å². The second-order valence-electron chi connectivity index (χ2n) is 6.73. The molecule has 0 saturated heterocycles. The normalized spacial score (nSPS) is 17.2. The Bertz CT molecular complexity index is 846. The minimum Gasteiger partial charge on any atom is -0.466 e. The summed E-state index contributed by atoms with van der Waals surface area (Å²) in [5.74, 6) is 0.0950. The molecule has 2 aromatic rings. The maximum Gasteiger partial charge on any atom is 0.309 e. The smallest absolute Gasteiger partial charge is 0.309 e. The second kappa shape index (κ2) is 6.96. The molecule has 142 valence electrons. The van der Waals surface area contributed by atoms with Crippen molar-refractivity contribution in [1.82, 2.24) is 10.6 Å². The van der Waals surface area contributed by atoms with Gasteiger partial charge in [0.1, 0.15) is 11.4 Å². The molecule has 2 aliphatic rings. The van der Waals surface area contributed by atoms with Gasteiger partial charge in [-0.25, -0.2) is 0 Å². The number of furan rings is 1. The lowest BCUT2D eigenvalue weighted by Crippen LogP contribution is -2.47. The number of carbonyl (C=O) groups is 2. The molecular weight excluding hydrogens is 352 g/mol. The van der Waals surface area contributed by atoms with Crippen molar-refractivity contribution in [2.24, 2.45) is 5.92 Å². The highest BCUT2D eigenvalue weighted by Gasteiger charge is 2.47. The van der Waals surface area contributed by atoms with Crippen molar-refractivity contribution in [3.63, 3.8) is 0 Å². The second-order valence-corrected chi connectivity index (χ2v) is 6.73. The molecule has 3 N–H and O–H groups in total. The van der Waals surface area contributed by atoms with Gasteiger partial charge in [-0.15, -0.1) is 0 Å². The van der Waals surface area contributed by atoms with Gasteiger partial charge in [0, 0.05) is 6.54 Å². The molecule has 1 fully saturated rings. The van der Waals surface area contributed by atoms with Crippen LogP contribution in [0.5, 0.6) is 11.5 Å². The first kappa shape index (κ1) is 17.4. The zero-order valence-corrected chi connectivity index (χ0v) is 14.6. The first-order valence-corrected chi connectivity index (χ1v) is 8.77. The number of fused-ring (bicyclic) bond motifs is 1. The van der Waals surface area contributed by atoms with Crippen molar-refractivity contribution in [3.8, 4) is 11.5 Å². The summed E-state index contributed by atoms with van der Waals surface area (Å²) in [6, 6.07) is 8.65. The Hall–Kier alpha value is -3.00. The molecule has 1 aliphatic heterocycles. The lowest BCUT2D eigenvalue weighted by Gasteiger charge is -2.26. The zero-order chi connectivity index (χ0) is 18.9. The van der Waals surface area contributed by atoms with Crippen LogP contribution in [0.1, 0.15) is 24.2 Å². The third-order valence-electron chi connectivity index (χ3n) is 4.82. The number of amides is 2. The minimum atomic E-state index is -1.29. The Morgan fingerprint density at radius 1 is 1.11 bits per heavy atom. The van der Waals surface area contributed by atoms with Crippen LogP contribution in [-0.4, -0.2) is 30.3 Å². The molecule has 0 unspecified atom stereocenters. The van der Waals surface area contributed by atoms with E-state index in [9.17, 15) is 14.7 Å². The van der Waals surface area contributed by atoms with Crippen molar-refractivity contribution in [3.05, 3.63) is 47.9 Å². The molecule has 1 saturated carbocycles. The van der Waals surface area contributed by atoms with E-state index in [0.717, 1.165) is 18.4 Å². The fourth-order valence-corrected chi connectivity index (χ4v) is 3.13. The summed E-state index contributed by atoms with van der Waals surface area (Å²) >= 11 is 0. The number of hydrogen-bond acceptors (Lipinski definition) is 6. The Morgan fingerprint density at radius 2 is 1.89 bits per heavy atom. The van der Waals surface area contributed by atoms with Crippen LogP contribution in [0, 0.1) is 5.92 Å². The highest BCUT2D eigenvalue weighted by Crippen LogP contribution is 2.45. The lowest BCUT2D eigenvalue weighted by atomic mass is 9.94. The van der Waals surface area contributed by atoms with Gasteiger partial charge < -0.3 is 29.6 Å². The maximum atomic E-state index is 12.1. The Morgan fingerprint density at radius 3 is 2.63 bits per heavy atom. The number of ether oxygens (including phenoxy) is 2. The molecule has 4 rings (SSSR count). The fraction of sp³-hybridized carbons (Fsp3) is 0.368. The average Bonchev–Trinajstić information content (AvgIpc) is 3.20. The van der Waals surface area contributed by atoms with E-state index in [2.05, 4.69) is 10.6 Å². The summed E-state index contributed by atoms with van der Waals surface area (Å²) in [7, 11) is 0. The third kappa shape index (κ3) is 3.61. The molecule has 8 heteroatoms. The van der Waals surface area contributed by atoms with Crippen LogP contribution in [0.3, 0.4) is 0 Å². The van der Waals surface area contributed by atoms with Crippen molar-refractivity contribution in [2.45, 2.75) is 25.0 Å². The molecule has 2 amide bonds. The first-order chi connectivity index (χ1) is 13.1. The van der Waals surface area contributed by atoms with Crippen molar-refractivity contribution < 1.29 is 28.6 Å². The van der Waals surface area contributed by atoms with Crippen molar-refractivity contribution in [1.29, 1.82) is 0 Å². The molecule has 0 bridgehead atoms. The highest BCUT2D eigenvalue weighted by molar-refractivity contribution is 6.35. The number of carbonyl (C=O) groups excluding carboxylic acids is 2. The molecule has 1 aromatic carbocycles. The average molecular weight is 372 g/mol. The van der Waals surface area contributed by atoms with Gasteiger partial charge in [-0.1, -0.05) is 6.07 Å². The monoisotopic (exact) mass is 372 g/mol. The predicted octanol–water partition coefficient (Wildman–Crippen LogP) is 1.04. The molecular formula is C19H20N2O6. The van der Waals surface area contributed by atoms with E-state index < -0.39 is 17.4 Å². The van der Waals surface area contributed by atoms with Gasteiger partial charge >= 0.3 is 11.8 Å². The summed E-state index contributed by atoms with van der Waals surface area (Å²) < 4.78 is 15.8. The fourth-order valence-electron chi connectivity index (χ4n) is 3.13. The van der Waals surface area contributed by atoms with Gasteiger partial charge in [0.25, 0.3) is 0 Å². The number of benzene rings is 1. The molecule has 27 heavy (non-hydrogen) atoms. The quantitative estimate of drug-likeness (QED) is 0.654. The minimum absolute atomic E-state index is 0.0145. The van der Waals surface area contributed by atoms with Gasteiger partial charge in [-0.05, 0) is 48.6 Å². The van der Waals surface area contributed by atoms with E-state index in [4.69, 9.17) is 13.9 Å². The molecule has 1 aromatic heterocycles. The first-order valence-electron chi connectivity index (χ1n) is 8.77. The lowest BCUT2D eigenvalue weighted by molar-refractivity contribution is -0.140. The van der Waals surface area contributed by atoms with Crippen LogP contribution in [0.25, 0.3) is 0 Å². The summed E-state index contributed by atoms with van der Waals surface area (Å²) in [6.07, 6.45) is 3.18. The van der Waals surface area contributed by atoms with Gasteiger partial charge in [0.05, 0.1) is 12.8 Å². The summed E-state index contributed by atoms with van der Waals surface area (Å²) in [5, 5.41) is 15.9. The van der Waals surface area contributed by atoms with E-state index >= 15 is 0 Å². The van der Waals surface area contributed by atoms with Crippen molar-refractivity contribution in [2.75, 3.05) is 13.3 Å². The largest absolute Gasteiger partial charge is 0.466 e. The van der Waals surface area contributed by atoms with Crippen LogP contribution in [0.4, 0.5) is 0 Å². The topological polar surface area (TPSA) is 110 Å². The molecule has 0 spiro atoms. The van der Waals surface area contributed by atoms with E-state index in [0.29, 0.717) is 17.3 Å². The summed E-state index contributed by atoms with van der Waals surface area (Å²) in [6.45, 7) is 0.266. The van der Waals surface area contributed by atoms with E-state index in [-0.39, 0.29) is 25.8 Å². The molecule has 0 radical (unpaired) electrons. The van der Waals surface area contributed by atoms with Gasteiger partial charge in [0.2, 0.25) is 6.79 Å². The summed E-state index contributed by atoms with van der Waals surface area (Å²) in [4.78, 5) is 24.2. The van der Waals surface area contributed by atoms with Crippen LogP contribution >= 0.6 is 0 Å². The Labute approximate surface area is 155 Å². The van der Waals surface area contributed by atoms with E-state index in [1.807, 2.05) is 0 Å². The zero-order valence-electron chi connectivity index (χ0n) is 14.6. The SMILES string of the molecule is O=C(NCc1ccc2c(c1)OCO2)C(=O)NC[C@@](O)(c1ccco1)C1CC1. The number of hydrogen-bond donors (Lipinski definition) is 3. The van der Waals surface area contributed by atoms with E-state index in [1.165, 1.54) is 6.26 Å². The molecule has 1 atom stereocenters. The van der Waals surface area contributed by atoms with Crippen LogP contribution in [0.15, 0.2) is 41.0 Å². The molecule has 2 heterocycles.